The molecule has 3 aromatic rings. The first-order valence-corrected chi connectivity index (χ1v) is 11.8. The SMILES string of the molecule is CC(=O)Oc1c(C)c(C)c2c(c1C)C=C(C(=O)Nc1ccccc1C(=O)NOCc1ccccc1)CO2. The van der Waals surface area contributed by atoms with E-state index in [1.54, 1.807) is 30.3 Å². The number of anilines is 1. The van der Waals surface area contributed by atoms with E-state index in [-0.39, 0.29) is 18.8 Å². The van der Waals surface area contributed by atoms with Crippen LogP contribution < -0.4 is 20.3 Å². The second-order valence-corrected chi connectivity index (χ2v) is 8.70. The maximum Gasteiger partial charge on any atom is 0.308 e. The highest BCUT2D eigenvalue weighted by Gasteiger charge is 2.25. The molecule has 0 unspecified atom stereocenters. The number of esters is 1. The van der Waals surface area contributed by atoms with Gasteiger partial charge in [0.05, 0.1) is 23.4 Å². The summed E-state index contributed by atoms with van der Waals surface area (Å²) in [5.74, 6) is -0.214. The van der Waals surface area contributed by atoms with Crippen molar-refractivity contribution in [1.29, 1.82) is 0 Å². The minimum absolute atomic E-state index is 0.0556. The third kappa shape index (κ3) is 5.70. The molecule has 0 saturated heterocycles. The van der Waals surface area contributed by atoms with Crippen molar-refractivity contribution < 1.29 is 28.7 Å². The fraction of sp³-hybridized carbons (Fsp3) is 0.207. The van der Waals surface area contributed by atoms with Gasteiger partial charge in [0.15, 0.2) is 0 Å². The fourth-order valence-electron chi connectivity index (χ4n) is 4.08. The van der Waals surface area contributed by atoms with Crippen LogP contribution in [0, 0.1) is 20.8 Å². The van der Waals surface area contributed by atoms with Gasteiger partial charge >= 0.3 is 5.97 Å². The molecule has 2 amide bonds. The standard InChI is InChI=1S/C29H28N2O6/c1-17-18(2)27-24(19(3)26(17)37-20(4)32)14-22(16-35-27)28(33)30-25-13-9-8-12-23(25)29(34)31-36-15-21-10-6-5-7-11-21/h5-14H,15-16H2,1-4H3,(H,30,33)(H,31,34). The average Bonchev–Trinajstić information content (AvgIpc) is 2.90. The number of fused-ring (bicyclic) bond motifs is 1. The number of amides is 2. The van der Waals surface area contributed by atoms with Gasteiger partial charge in [-0.3, -0.25) is 19.2 Å². The van der Waals surface area contributed by atoms with Crippen molar-refractivity contribution in [1.82, 2.24) is 5.48 Å². The second-order valence-electron chi connectivity index (χ2n) is 8.70. The number of carbonyl (C=O) groups excluding carboxylic acids is 3. The molecule has 1 aliphatic heterocycles. The minimum Gasteiger partial charge on any atom is -0.488 e. The van der Waals surface area contributed by atoms with E-state index in [2.05, 4.69) is 10.8 Å². The number of hydroxylamine groups is 1. The van der Waals surface area contributed by atoms with E-state index in [1.807, 2.05) is 51.1 Å². The van der Waals surface area contributed by atoms with Crippen LogP contribution in [0.15, 0.2) is 60.2 Å². The van der Waals surface area contributed by atoms with Gasteiger partial charge in [0, 0.05) is 18.1 Å². The lowest BCUT2D eigenvalue weighted by Crippen LogP contribution is -2.27. The Morgan fingerprint density at radius 1 is 0.892 bits per heavy atom. The van der Waals surface area contributed by atoms with Gasteiger partial charge in [0.1, 0.15) is 18.1 Å². The smallest absolute Gasteiger partial charge is 0.308 e. The molecule has 190 valence electrons. The Kier molecular flexibility index (Phi) is 7.69. The zero-order valence-corrected chi connectivity index (χ0v) is 21.1. The molecule has 0 atom stereocenters. The van der Waals surface area contributed by atoms with E-state index in [9.17, 15) is 14.4 Å². The molecule has 1 aliphatic rings. The lowest BCUT2D eigenvalue weighted by Gasteiger charge is -2.24. The number of hydrogen-bond donors (Lipinski definition) is 2. The maximum absolute atomic E-state index is 13.2. The molecule has 37 heavy (non-hydrogen) atoms. The van der Waals surface area contributed by atoms with Crippen LogP contribution in [0.3, 0.4) is 0 Å². The first-order valence-electron chi connectivity index (χ1n) is 11.8. The van der Waals surface area contributed by atoms with Gasteiger partial charge in [0.25, 0.3) is 11.8 Å². The van der Waals surface area contributed by atoms with Crippen molar-refractivity contribution in [2.45, 2.75) is 34.3 Å². The quantitative estimate of drug-likeness (QED) is 0.274. The molecular formula is C29H28N2O6. The van der Waals surface area contributed by atoms with Gasteiger partial charge < -0.3 is 14.8 Å². The number of carbonyl (C=O) groups is 3. The summed E-state index contributed by atoms with van der Waals surface area (Å²) in [6, 6.07) is 16.1. The van der Waals surface area contributed by atoms with E-state index in [4.69, 9.17) is 14.3 Å². The zero-order valence-electron chi connectivity index (χ0n) is 21.1. The van der Waals surface area contributed by atoms with Crippen LogP contribution >= 0.6 is 0 Å². The maximum atomic E-state index is 13.2. The molecule has 0 saturated carbocycles. The molecule has 0 fully saturated rings. The summed E-state index contributed by atoms with van der Waals surface area (Å²) in [5, 5.41) is 2.80. The molecule has 0 aliphatic carbocycles. The van der Waals surface area contributed by atoms with Crippen LogP contribution in [-0.4, -0.2) is 24.4 Å². The Morgan fingerprint density at radius 2 is 1.59 bits per heavy atom. The molecule has 2 N–H and O–H groups in total. The molecule has 3 aromatic carbocycles. The van der Waals surface area contributed by atoms with E-state index >= 15 is 0 Å². The number of benzene rings is 3. The van der Waals surface area contributed by atoms with Crippen molar-refractivity contribution >= 4 is 29.5 Å². The Labute approximate surface area is 215 Å². The van der Waals surface area contributed by atoms with Crippen LogP contribution in [0.25, 0.3) is 6.08 Å². The van der Waals surface area contributed by atoms with Crippen molar-refractivity contribution in [3.8, 4) is 11.5 Å². The monoisotopic (exact) mass is 500 g/mol. The van der Waals surface area contributed by atoms with E-state index in [0.717, 1.165) is 16.7 Å². The van der Waals surface area contributed by atoms with Crippen LogP contribution in [0.1, 0.15) is 45.1 Å². The van der Waals surface area contributed by atoms with Crippen molar-refractivity contribution in [3.63, 3.8) is 0 Å². The van der Waals surface area contributed by atoms with Crippen LogP contribution in [0.4, 0.5) is 5.69 Å². The predicted octanol–water partition coefficient (Wildman–Crippen LogP) is 4.81. The lowest BCUT2D eigenvalue weighted by molar-refractivity contribution is -0.132. The topological polar surface area (TPSA) is 103 Å². The van der Waals surface area contributed by atoms with Crippen LogP contribution in [0.5, 0.6) is 11.5 Å². The molecule has 1 heterocycles. The highest BCUT2D eigenvalue weighted by molar-refractivity contribution is 6.11. The van der Waals surface area contributed by atoms with Crippen molar-refractivity contribution in [3.05, 3.63) is 93.6 Å². The molecule has 4 rings (SSSR count). The van der Waals surface area contributed by atoms with Gasteiger partial charge in [-0.2, -0.15) is 0 Å². The summed E-state index contributed by atoms with van der Waals surface area (Å²) in [4.78, 5) is 42.9. The predicted molar refractivity (Wildman–Crippen MR) is 139 cm³/mol. The van der Waals surface area contributed by atoms with E-state index in [0.29, 0.717) is 33.9 Å². The van der Waals surface area contributed by atoms with Gasteiger partial charge in [-0.05, 0) is 55.7 Å². The van der Waals surface area contributed by atoms with E-state index < -0.39 is 17.8 Å². The van der Waals surface area contributed by atoms with Gasteiger partial charge in [-0.25, -0.2) is 5.48 Å². The Hall–Kier alpha value is -4.43. The average molecular weight is 501 g/mol. The number of para-hydroxylation sites is 1. The molecule has 8 nitrogen and oxygen atoms in total. The summed E-state index contributed by atoms with van der Waals surface area (Å²) in [5.41, 5.74) is 7.30. The third-order valence-electron chi connectivity index (χ3n) is 6.13. The van der Waals surface area contributed by atoms with Gasteiger partial charge in [-0.15, -0.1) is 0 Å². The minimum atomic E-state index is -0.487. The third-order valence-corrected chi connectivity index (χ3v) is 6.13. The van der Waals surface area contributed by atoms with Gasteiger partial charge in [0.2, 0.25) is 0 Å². The first kappa shape index (κ1) is 25.7. The van der Waals surface area contributed by atoms with Crippen LogP contribution in [-0.2, 0) is 21.0 Å². The van der Waals surface area contributed by atoms with E-state index in [1.165, 1.54) is 6.92 Å². The molecule has 0 aromatic heterocycles. The normalized spacial score (nSPS) is 12.1. The first-order chi connectivity index (χ1) is 17.8. The summed E-state index contributed by atoms with van der Waals surface area (Å²) in [6.07, 6.45) is 1.73. The zero-order chi connectivity index (χ0) is 26.5. The number of nitrogens with one attached hydrogen (secondary N) is 2. The Morgan fingerprint density at radius 3 is 2.32 bits per heavy atom. The lowest BCUT2D eigenvalue weighted by atomic mass is 9.94. The van der Waals surface area contributed by atoms with Crippen LogP contribution in [0.2, 0.25) is 0 Å². The summed E-state index contributed by atoms with van der Waals surface area (Å²) in [6.45, 7) is 7.17. The summed E-state index contributed by atoms with van der Waals surface area (Å²) in [7, 11) is 0. The summed E-state index contributed by atoms with van der Waals surface area (Å²) >= 11 is 0. The highest BCUT2D eigenvalue weighted by atomic mass is 16.6. The molecule has 8 heteroatoms. The second kappa shape index (κ2) is 11.1. The Balaban J connectivity index is 1.52. The highest BCUT2D eigenvalue weighted by Crippen LogP contribution is 2.41. The number of rotatable bonds is 7. The number of ether oxygens (including phenoxy) is 2. The molecule has 0 radical (unpaired) electrons. The molecular weight excluding hydrogens is 472 g/mol. The fourth-order valence-corrected chi connectivity index (χ4v) is 4.08. The van der Waals surface area contributed by atoms with Crippen molar-refractivity contribution in [2.24, 2.45) is 0 Å². The summed E-state index contributed by atoms with van der Waals surface area (Å²) < 4.78 is 11.4. The van der Waals surface area contributed by atoms with Crippen molar-refractivity contribution in [2.75, 3.05) is 11.9 Å². The Bertz CT molecular complexity index is 1400. The van der Waals surface area contributed by atoms with Gasteiger partial charge in [-0.1, -0.05) is 42.5 Å². The molecule has 0 spiro atoms. The number of hydrogen-bond acceptors (Lipinski definition) is 6. The molecule has 0 bridgehead atoms. The largest absolute Gasteiger partial charge is 0.488 e.